The Morgan fingerprint density at radius 1 is 1.43 bits per heavy atom. The Bertz CT molecular complexity index is 649. The first-order valence-electron chi connectivity index (χ1n) is 6.40. The first kappa shape index (κ1) is 15.0. The molecule has 2 heterocycles. The maximum absolute atomic E-state index is 11.7. The topological polar surface area (TPSA) is 130 Å². The lowest BCUT2D eigenvalue weighted by Crippen LogP contribution is -2.38. The number of hydrogen-bond acceptors (Lipinski definition) is 5. The second-order valence-electron chi connectivity index (χ2n) is 4.70. The number of amides is 1. The largest absolute Gasteiger partial charge is 0.479 e. The lowest BCUT2D eigenvalue weighted by Gasteiger charge is -2.12. The minimum absolute atomic E-state index is 0.181. The Morgan fingerprint density at radius 3 is 2.81 bits per heavy atom. The van der Waals surface area contributed by atoms with E-state index in [-0.39, 0.29) is 19.2 Å². The SMILES string of the molecule is O=C(Cn1ccc(=O)[nH]c1=O)NCC1CCC(C(=O)O)O1. The Kier molecular flexibility index (Phi) is 4.53. The average Bonchev–Trinajstić information content (AvgIpc) is 2.89. The summed E-state index contributed by atoms with van der Waals surface area (Å²) >= 11 is 0. The molecule has 1 fully saturated rings. The van der Waals surface area contributed by atoms with Crippen LogP contribution in [0.1, 0.15) is 12.8 Å². The van der Waals surface area contributed by atoms with E-state index in [1.807, 2.05) is 4.98 Å². The molecule has 2 unspecified atom stereocenters. The number of aliphatic carboxylic acids is 1. The van der Waals surface area contributed by atoms with E-state index in [4.69, 9.17) is 9.84 Å². The fraction of sp³-hybridized carbons (Fsp3) is 0.500. The van der Waals surface area contributed by atoms with Crippen LogP contribution >= 0.6 is 0 Å². The van der Waals surface area contributed by atoms with Gasteiger partial charge in [0.25, 0.3) is 5.56 Å². The lowest BCUT2D eigenvalue weighted by molar-refractivity contribution is -0.149. The van der Waals surface area contributed by atoms with Crippen LogP contribution in [0.5, 0.6) is 0 Å². The van der Waals surface area contributed by atoms with E-state index < -0.39 is 29.2 Å². The van der Waals surface area contributed by atoms with E-state index in [1.54, 1.807) is 0 Å². The number of rotatable bonds is 5. The summed E-state index contributed by atoms with van der Waals surface area (Å²) in [4.78, 5) is 46.7. The predicted octanol–water partition coefficient (Wildman–Crippen LogP) is -1.71. The molecule has 1 amide bonds. The van der Waals surface area contributed by atoms with Crippen molar-refractivity contribution in [2.24, 2.45) is 0 Å². The molecule has 1 aromatic rings. The first-order valence-corrected chi connectivity index (χ1v) is 6.40. The van der Waals surface area contributed by atoms with E-state index in [9.17, 15) is 19.2 Å². The molecule has 0 spiro atoms. The molecule has 114 valence electrons. The van der Waals surface area contributed by atoms with Crippen LogP contribution in [0.3, 0.4) is 0 Å². The number of aromatic amines is 1. The summed E-state index contributed by atoms with van der Waals surface area (Å²) in [5.74, 6) is -1.44. The van der Waals surface area contributed by atoms with Crippen LogP contribution < -0.4 is 16.6 Å². The van der Waals surface area contributed by atoms with Gasteiger partial charge in [0.1, 0.15) is 6.54 Å². The summed E-state index contributed by atoms with van der Waals surface area (Å²) in [5, 5.41) is 11.3. The van der Waals surface area contributed by atoms with Gasteiger partial charge >= 0.3 is 11.7 Å². The van der Waals surface area contributed by atoms with Gasteiger partial charge in [-0.25, -0.2) is 9.59 Å². The van der Waals surface area contributed by atoms with Gasteiger partial charge in [-0.15, -0.1) is 0 Å². The minimum atomic E-state index is -1.01. The normalized spacial score (nSPS) is 21.1. The number of carboxylic acids is 1. The molecule has 1 saturated heterocycles. The van der Waals surface area contributed by atoms with Crippen LogP contribution in [0, 0.1) is 0 Å². The molecule has 21 heavy (non-hydrogen) atoms. The van der Waals surface area contributed by atoms with Gasteiger partial charge in [0, 0.05) is 18.8 Å². The van der Waals surface area contributed by atoms with Gasteiger partial charge in [0.05, 0.1) is 6.10 Å². The van der Waals surface area contributed by atoms with Crippen molar-refractivity contribution in [3.05, 3.63) is 33.1 Å². The molecule has 0 saturated carbocycles. The maximum Gasteiger partial charge on any atom is 0.332 e. The first-order chi connectivity index (χ1) is 9.95. The van der Waals surface area contributed by atoms with Crippen LogP contribution in [0.4, 0.5) is 0 Å². The molecule has 9 nitrogen and oxygen atoms in total. The fourth-order valence-corrected chi connectivity index (χ4v) is 2.04. The van der Waals surface area contributed by atoms with Gasteiger partial charge in [-0.05, 0) is 12.8 Å². The Labute approximate surface area is 118 Å². The van der Waals surface area contributed by atoms with Crippen molar-refractivity contribution in [3.8, 4) is 0 Å². The van der Waals surface area contributed by atoms with Gasteiger partial charge in [-0.2, -0.15) is 0 Å². The minimum Gasteiger partial charge on any atom is -0.479 e. The standard InChI is InChI=1S/C12H15N3O6/c16-9-3-4-15(12(20)14-9)6-10(17)13-5-7-1-2-8(21-7)11(18)19/h3-4,7-8H,1-2,5-6H2,(H,13,17)(H,18,19)(H,14,16,20). The number of carbonyl (C=O) groups is 2. The van der Waals surface area contributed by atoms with Crippen molar-refractivity contribution in [1.82, 2.24) is 14.9 Å². The lowest BCUT2D eigenvalue weighted by atomic mass is 10.2. The Morgan fingerprint density at radius 2 is 2.19 bits per heavy atom. The van der Waals surface area contributed by atoms with E-state index >= 15 is 0 Å². The van der Waals surface area contributed by atoms with Crippen molar-refractivity contribution >= 4 is 11.9 Å². The number of ether oxygens (including phenoxy) is 1. The van der Waals surface area contributed by atoms with Crippen LogP contribution in [-0.2, 0) is 20.9 Å². The zero-order valence-electron chi connectivity index (χ0n) is 11.1. The van der Waals surface area contributed by atoms with Gasteiger partial charge in [0.2, 0.25) is 5.91 Å². The third-order valence-corrected chi connectivity index (χ3v) is 3.12. The zero-order chi connectivity index (χ0) is 15.4. The molecule has 3 N–H and O–H groups in total. The highest BCUT2D eigenvalue weighted by atomic mass is 16.5. The molecule has 2 rings (SSSR count). The van der Waals surface area contributed by atoms with Crippen molar-refractivity contribution < 1.29 is 19.4 Å². The highest BCUT2D eigenvalue weighted by Gasteiger charge is 2.30. The number of aromatic nitrogens is 2. The number of carbonyl (C=O) groups excluding carboxylic acids is 1. The van der Waals surface area contributed by atoms with E-state index in [0.717, 1.165) is 10.6 Å². The second kappa shape index (κ2) is 6.35. The van der Waals surface area contributed by atoms with Crippen LogP contribution in [0.25, 0.3) is 0 Å². The van der Waals surface area contributed by atoms with Gasteiger partial charge in [-0.3, -0.25) is 19.1 Å². The molecule has 0 aliphatic carbocycles. The van der Waals surface area contributed by atoms with Crippen LogP contribution in [0.15, 0.2) is 21.9 Å². The average molecular weight is 297 g/mol. The quantitative estimate of drug-likeness (QED) is 0.593. The fourth-order valence-electron chi connectivity index (χ4n) is 2.04. The molecular formula is C12H15N3O6. The molecular weight excluding hydrogens is 282 g/mol. The zero-order valence-corrected chi connectivity index (χ0v) is 11.1. The van der Waals surface area contributed by atoms with Crippen molar-refractivity contribution in [1.29, 1.82) is 0 Å². The Hall–Kier alpha value is -2.42. The predicted molar refractivity (Wildman–Crippen MR) is 69.9 cm³/mol. The van der Waals surface area contributed by atoms with Crippen molar-refractivity contribution in [2.45, 2.75) is 31.6 Å². The summed E-state index contributed by atoms with van der Waals surface area (Å²) < 4.78 is 6.29. The van der Waals surface area contributed by atoms with Gasteiger partial charge in [0.15, 0.2) is 6.10 Å². The highest BCUT2D eigenvalue weighted by molar-refractivity contribution is 5.75. The van der Waals surface area contributed by atoms with E-state index in [2.05, 4.69) is 5.32 Å². The number of H-pyrrole nitrogens is 1. The molecule has 1 aliphatic rings. The monoisotopic (exact) mass is 297 g/mol. The third kappa shape index (κ3) is 4.02. The smallest absolute Gasteiger partial charge is 0.332 e. The number of nitrogens with one attached hydrogen (secondary N) is 2. The van der Waals surface area contributed by atoms with Crippen molar-refractivity contribution in [3.63, 3.8) is 0 Å². The summed E-state index contributed by atoms with van der Waals surface area (Å²) in [7, 11) is 0. The van der Waals surface area contributed by atoms with Crippen molar-refractivity contribution in [2.75, 3.05) is 6.54 Å². The molecule has 1 aliphatic heterocycles. The van der Waals surface area contributed by atoms with Gasteiger partial charge in [-0.1, -0.05) is 0 Å². The van der Waals surface area contributed by atoms with E-state index in [0.29, 0.717) is 12.8 Å². The summed E-state index contributed by atoms with van der Waals surface area (Å²) in [6.45, 7) is -0.0502. The summed E-state index contributed by atoms with van der Waals surface area (Å²) in [6, 6.07) is 1.15. The molecule has 0 bridgehead atoms. The highest BCUT2D eigenvalue weighted by Crippen LogP contribution is 2.19. The van der Waals surface area contributed by atoms with E-state index in [1.165, 1.54) is 6.20 Å². The molecule has 2 atom stereocenters. The Balaban J connectivity index is 1.82. The molecule has 0 radical (unpaired) electrons. The molecule has 9 heteroatoms. The molecule has 1 aromatic heterocycles. The summed E-state index contributed by atoms with van der Waals surface area (Å²) in [6.07, 6.45) is 1.02. The number of carboxylic acid groups (broad SMARTS) is 1. The molecule has 0 aromatic carbocycles. The van der Waals surface area contributed by atoms with Crippen LogP contribution in [-0.4, -0.2) is 45.3 Å². The number of hydrogen-bond donors (Lipinski definition) is 3. The third-order valence-electron chi connectivity index (χ3n) is 3.12. The van der Waals surface area contributed by atoms with Crippen LogP contribution in [0.2, 0.25) is 0 Å². The van der Waals surface area contributed by atoms with Gasteiger partial charge < -0.3 is 15.2 Å². The number of nitrogens with zero attached hydrogens (tertiary/aromatic N) is 1. The second-order valence-corrected chi connectivity index (χ2v) is 4.70. The maximum atomic E-state index is 11.7. The summed E-state index contributed by atoms with van der Waals surface area (Å²) in [5.41, 5.74) is -1.20.